The highest BCUT2D eigenvalue weighted by molar-refractivity contribution is 6.34. The Kier molecular flexibility index (Phi) is 2.93. The lowest BCUT2D eigenvalue weighted by molar-refractivity contribution is 0.0997. The second-order valence-corrected chi connectivity index (χ2v) is 4.34. The van der Waals surface area contributed by atoms with Crippen molar-refractivity contribution >= 4 is 34.1 Å². The molecule has 0 fully saturated rings. The maximum absolute atomic E-state index is 12.0. The van der Waals surface area contributed by atoms with E-state index in [0.29, 0.717) is 5.69 Å². The average molecular weight is 273 g/mol. The summed E-state index contributed by atoms with van der Waals surface area (Å²) in [5.41, 5.74) is 1.34. The molecule has 0 bridgehead atoms. The number of halogens is 1. The van der Waals surface area contributed by atoms with Crippen LogP contribution in [-0.4, -0.2) is 10.9 Å². The molecule has 2 aromatic heterocycles. The second-order valence-electron chi connectivity index (χ2n) is 3.93. The number of carbonyl (C=O) groups excluding carboxylic acids is 1. The van der Waals surface area contributed by atoms with Gasteiger partial charge in [0.1, 0.15) is 0 Å². The second kappa shape index (κ2) is 4.74. The van der Waals surface area contributed by atoms with Crippen LogP contribution in [0, 0.1) is 0 Å². The van der Waals surface area contributed by atoms with Crippen molar-refractivity contribution < 1.29 is 9.21 Å². The number of furan rings is 1. The fourth-order valence-electron chi connectivity index (χ4n) is 1.84. The lowest BCUT2D eigenvalue weighted by Gasteiger charge is -2.06. The summed E-state index contributed by atoms with van der Waals surface area (Å²) in [7, 11) is 0. The Morgan fingerprint density at radius 3 is 2.84 bits per heavy atom. The molecule has 3 aromatic rings. The number of benzene rings is 1. The van der Waals surface area contributed by atoms with Crippen molar-refractivity contribution in [1.82, 2.24) is 4.98 Å². The largest absolute Gasteiger partial charge is 0.458 e. The third-order valence-corrected chi connectivity index (χ3v) is 3.00. The summed E-state index contributed by atoms with van der Waals surface area (Å²) in [6.45, 7) is 0. The maximum Gasteiger partial charge on any atom is 0.292 e. The highest BCUT2D eigenvalue weighted by Crippen LogP contribution is 2.23. The van der Waals surface area contributed by atoms with E-state index in [4.69, 9.17) is 16.0 Å². The first-order valence-electron chi connectivity index (χ1n) is 5.64. The summed E-state index contributed by atoms with van der Waals surface area (Å²) in [6, 6.07) is 10.9. The summed E-state index contributed by atoms with van der Waals surface area (Å²) < 4.78 is 5.05. The number of amides is 1. The third kappa shape index (κ3) is 2.18. The van der Waals surface area contributed by atoms with Crippen molar-refractivity contribution in [1.29, 1.82) is 0 Å². The molecule has 0 saturated carbocycles. The number of carbonyl (C=O) groups is 1. The van der Waals surface area contributed by atoms with Crippen LogP contribution in [0.15, 0.2) is 53.3 Å². The Bertz CT molecular complexity index is 747. The molecular formula is C14H9ClN2O2. The van der Waals surface area contributed by atoms with Crippen LogP contribution in [-0.2, 0) is 0 Å². The predicted molar refractivity (Wildman–Crippen MR) is 73.4 cm³/mol. The monoisotopic (exact) mass is 272 g/mol. The Labute approximate surface area is 114 Å². The van der Waals surface area contributed by atoms with E-state index in [2.05, 4.69) is 10.3 Å². The molecule has 0 spiro atoms. The quantitative estimate of drug-likeness (QED) is 0.773. The van der Waals surface area contributed by atoms with Crippen LogP contribution < -0.4 is 5.32 Å². The molecule has 4 nitrogen and oxygen atoms in total. The highest BCUT2D eigenvalue weighted by Gasteiger charge is 2.15. The Balaban J connectivity index is 1.98. The van der Waals surface area contributed by atoms with Crippen LogP contribution in [0.25, 0.3) is 10.9 Å². The van der Waals surface area contributed by atoms with Crippen LogP contribution in [0.5, 0.6) is 0 Å². The predicted octanol–water partition coefficient (Wildman–Crippen LogP) is 3.73. The average Bonchev–Trinajstić information content (AvgIpc) is 2.85. The third-order valence-electron chi connectivity index (χ3n) is 2.70. The first-order valence-corrected chi connectivity index (χ1v) is 6.01. The summed E-state index contributed by atoms with van der Waals surface area (Å²) in [5.74, 6) is -0.303. The normalized spacial score (nSPS) is 10.6. The van der Waals surface area contributed by atoms with Crippen molar-refractivity contribution in [2.24, 2.45) is 0 Å². The zero-order valence-electron chi connectivity index (χ0n) is 9.76. The molecule has 0 aliphatic carbocycles. The fourth-order valence-corrected chi connectivity index (χ4v) is 2.02. The molecular weight excluding hydrogens is 264 g/mol. The van der Waals surface area contributed by atoms with Crippen molar-refractivity contribution in [2.45, 2.75) is 0 Å². The van der Waals surface area contributed by atoms with E-state index in [-0.39, 0.29) is 10.8 Å². The van der Waals surface area contributed by atoms with Gasteiger partial charge >= 0.3 is 0 Å². The standard InChI is InChI=1S/C14H9ClN2O2/c15-10-6-8-19-13(10)14(18)17-11-5-1-3-9-4-2-7-16-12(9)11/h1-8H,(H,17,18). The van der Waals surface area contributed by atoms with Gasteiger partial charge in [-0.1, -0.05) is 29.8 Å². The van der Waals surface area contributed by atoms with Crippen LogP contribution in [0.3, 0.4) is 0 Å². The van der Waals surface area contributed by atoms with E-state index >= 15 is 0 Å². The molecule has 19 heavy (non-hydrogen) atoms. The Hall–Kier alpha value is -2.33. The molecule has 0 saturated heterocycles. The summed E-state index contributed by atoms with van der Waals surface area (Å²) in [6.07, 6.45) is 3.05. The van der Waals surface area contributed by atoms with E-state index in [1.807, 2.05) is 24.3 Å². The summed E-state index contributed by atoms with van der Waals surface area (Å²) >= 11 is 5.85. The molecule has 94 valence electrons. The van der Waals surface area contributed by atoms with Crippen LogP contribution in [0.2, 0.25) is 5.02 Å². The van der Waals surface area contributed by atoms with Gasteiger partial charge in [-0.05, 0) is 18.2 Å². The summed E-state index contributed by atoms with van der Waals surface area (Å²) in [4.78, 5) is 16.3. The molecule has 1 amide bonds. The minimum absolute atomic E-state index is 0.0922. The van der Waals surface area contributed by atoms with Gasteiger partial charge < -0.3 is 9.73 Å². The van der Waals surface area contributed by atoms with Crippen molar-refractivity contribution in [3.05, 3.63) is 59.6 Å². The number of aromatic nitrogens is 1. The van der Waals surface area contributed by atoms with Gasteiger partial charge in [0.15, 0.2) is 0 Å². The smallest absolute Gasteiger partial charge is 0.292 e. The van der Waals surface area contributed by atoms with Gasteiger partial charge in [-0.3, -0.25) is 9.78 Å². The number of para-hydroxylation sites is 1. The maximum atomic E-state index is 12.0. The van der Waals surface area contributed by atoms with E-state index in [1.54, 1.807) is 12.3 Å². The molecule has 1 N–H and O–H groups in total. The number of nitrogens with one attached hydrogen (secondary N) is 1. The fraction of sp³-hybridized carbons (Fsp3) is 0. The van der Waals surface area contributed by atoms with Gasteiger partial charge in [-0.2, -0.15) is 0 Å². The topological polar surface area (TPSA) is 55.1 Å². The van der Waals surface area contributed by atoms with Gasteiger partial charge in [0.05, 0.1) is 22.5 Å². The molecule has 2 heterocycles. The Morgan fingerprint density at radius 2 is 2.05 bits per heavy atom. The number of rotatable bonds is 2. The zero-order chi connectivity index (χ0) is 13.2. The van der Waals surface area contributed by atoms with Crippen molar-refractivity contribution in [3.63, 3.8) is 0 Å². The molecule has 0 radical (unpaired) electrons. The zero-order valence-corrected chi connectivity index (χ0v) is 10.5. The number of nitrogens with zero attached hydrogens (tertiary/aromatic N) is 1. The first-order chi connectivity index (χ1) is 9.25. The van der Waals surface area contributed by atoms with Gasteiger partial charge in [0, 0.05) is 11.6 Å². The van der Waals surface area contributed by atoms with E-state index in [9.17, 15) is 4.79 Å². The molecule has 0 aliphatic rings. The Morgan fingerprint density at radius 1 is 1.21 bits per heavy atom. The minimum Gasteiger partial charge on any atom is -0.458 e. The molecule has 5 heteroatoms. The number of hydrogen-bond donors (Lipinski definition) is 1. The molecule has 0 aliphatic heterocycles. The summed E-state index contributed by atoms with van der Waals surface area (Å²) in [5, 5.41) is 3.98. The highest BCUT2D eigenvalue weighted by atomic mass is 35.5. The van der Waals surface area contributed by atoms with E-state index in [1.165, 1.54) is 12.3 Å². The number of hydrogen-bond acceptors (Lipinski definition) is 3. The lowest BCUT2D eigenvalue weighted by Crippen LogP contribution is -2.11. The van der Waals surface area contributed by atoms with Crippen molar-refractivity contribution in [3.8, 4) is 0 Å². The van der Waals surface area contributed by atoms with Crippen molar-refractivity contribution in [2.75, 3.05) is 5.32 Å². The van der Waals surface area contributed by atoms with Gasteiger partial charge in [0.2, 0.25) is 5.76 Å². The van der Waals surface area contributed by atoms with E-state index in [0.717, 1.165) is 10.9 Å². The van der Waals surface area contributed by atoms with Crippen LogP contribution >= 0.6 is 11.6 Å². The van der Waals surface area contributed by atoms with E-state index < -0.39 is 5.91 Å². The van der Waals surface area contributed by atoms with Gasteiger partial charge in [0.25, 0.3) is 5.91 Å². The first kappa shape index (κ1) is 11.7. The molecule has 3 rings (SSSR count). The minimum atomic E-state index is -0.395. The SMILES string of the molecule is O=C(Nc1cccc2cccnc12)c1occc1Cl. The van der Waals surface area contributed by atoms with Gasteiger partial charge in [-0.15, -0.1) is 0 Å². The van der Waals surface area contributed by atoms with Crippen LogP contribution in [0.4, 0.5) is 5.69 Å². The molecule has 0 unspecified atom stereocenters. The number of pyridine rings is 1. The van der Waals surface area contributed by atoms with Gasteiger partial charge in [-0.25, -0.2) is 0 Å². The lowest BCUT2D eigenvalue weighted by atomic mass is 10.2. The number of fused-ring (bicyclic) bond motifs is 1. The van der Waals surface area contributed by atoms with Crippen LogP contribution in [0.1, 0.15) is 10.6 Å². The molecule has 0 atom stereocenters. The molecule has 1 aromatic carbocycles. The number of anilines is 1.